The van der Waals surface area contributed by atoms with Gasteiger partial charge in [0.15, 0.2) is 6.29 Å². The van der Waals surface area contributed by atoms with Gasteiger partial charge in [-0.3, -0.25) is 4.79 Å². The van der Waals surface area contributed by atoms with Crippen molar-refractivity contribution in [1.29, 1.82) is 0 Å². The van der Waals surface area contributed by atoms with Crippen molar-refractivity contribution in [2.45, 2.75) is 20.0 Å². The molecule has 0 saturated heterocycles. The van der Waals surface area contributed by atoms with Crippen LogP contribution in [0.25, 0.3) is 10.4 Å². The largest absolute Gasteiger partial charge is 0.416 e. The maximum atomic E-state index is 12.5. The van der Waals surface area contributed by atoms with Crippen LogP contribution in [-0.2, 0) is 6.18 Å². The number of halogens is 3. The molecule has 5 heteroatoms. The molecule has 100 valence electrons. The summed E-state index contributed by atoms with van der Waals surface area (Å²) in [4.78, 5) is 12.3. The Morgan fingerprint density at radius 3 is 2.05 bits per heavy atom. The molecule has 1 aromatic carbocycles. The van der Waals surface area contributed by atoms with Crippen molar-refractivity contribution in [2.75, 3.05) is 0 Å². The van der Waals surface area contributed by atoms with Crippen LogP contribution < -0.4 is 0 Å². The molecule has 1 heterocycles. The lowest BCUT2D eigenvalue weighted by molar-refractivity contribution is -0.137. The molecule has 19 heavy (non-hydrogen) atoms. The van der Waals surface area contributed by atoms with Crippen LogP contribution in [0.1, 0.15) is 26.4 Å². The number of benzene rings is 1. The van der Waals surface area contributed by atoms with E-state index >= 15 is 0 Å². The fourth-order valence-corrected chi connectivity index (χ4v) is 2.95. The number of carbonyl (C=O) groups is 1. The molecule has 1 aromatic heterocycles. The predicted molar refractivity (Wildman–Crippen MR) is 69.6 cm³/mol. The van der Waals surface area contributed by atoms with Crippen molar-refractivity contribution >= 4 is 17.6 Å². The molecule has 0 N–H and O–H groups in total. The third kappa shape index (κ3) is 2.56. The Bertz CT molecular complexity index is 609. The average Bonchev–Trinajstić information content (AvgIpc) is 2.65. The van der Waals surface area contributed by atoms with Gasteiger partial charge in [-0.25, -0.2) is 0 Å². The fourth-order valence-electron chi connectivity index (χ4n) is 1.82. The summed E-state index contributed by atoms with van der Waals surface area (Å²) in [7, 11) is 0. The number of alkyl halides is 3. The molecule has 0 fully saturated rings. The van der Waals surface area contributed by atoms with Crippen LogP contribution in [0, 0.1) is 13.8 Å². The van der Waals surface area contributed by atoms with Crippen LogP contribution in [0.5, 0.6) is 0 Å². The molecule has 0 amide bonds. The normalized spacial score (nSPS) is 11.6. The van der Waals surface area contributed by atoms with Crippen LogP contribution in [-0.4, -0.2) is 6.29 Å². The van der Waals surface area contributed by atoms with Gasteiger partial charge < -0.3 is 0 Å². The van der Waals surface area contributed by atoms with Crippen molar-refractivity contribution in [3.05, 3.63) is 45.8 Å². The molecule has 0 bridgehead atoms. The summed E-state index contributed by atoms with van der Waals surface area (Å²) in [5.74, 6) is 0. The van der Waals surface area contributed by atoms with Gasteiger partial charge in [-0.05, 0) is 42.7 Å². The topological polar surface area (TPSA) is 17.1 Å². The fraction of sp³-hybridized carbons (Fsp3) is 0.214. The zero-order valence-electron chi connectivity index (χ0n) is 10.3. The van der Waals surface area contributed by atoms with Gasteiger partial charge in [0.1, 0.15) is 0 Å². The van der Waals surface area contributed by atoms with E-state index in [2.05, 4.69) is 0 Å². The second kappa shape index (κ2) is 4.81. The number of carbonyl (C=O) groups excluding carboxylic acids is 1. The van der Waals surface area contributed by atoms with Crippen molar-refractivity contribution in [2.24, 2.45) is 0 Å². The lowest BCUT2D eigenvalue weighted by Gasteiger charge is -2.07. The highest BCUT2D eigenvalue weighted by Gasteiger charge is 2.30. The summed E-state index contributed by atoms with van der Waals surface area (Å²) in [5, 5.41) is 0. The minimum Gasteiger partial charge on any atom is -0.297 e. The predicted octanol–water partition coefficient (Wildman–Crippen LogP) is 4.86. The highest BCUT2D eigenvalue weighted by molar-refractivity contribution is 7.17. The maximum absolute atomic E-state index is 12.5. The number of thiophene rings is 1. The average molecular weight is 284 g/mol. The van der Waals surface area contributed by atoms with Gasteiger partial charge in [-0.2, -0.15) is 13.2 Å². The molecule has 2 rings (SSSR count). The van der Waals surface area contributed by atoms with Crippen molar-refractivity contribution < 1.29 is 18.0 Å². The molecule has 0 spiro atoms. The van der Waals surface area contributed by atoms with Crippen molar-refractivity contribution in [1.82, 2.24) is 0 Å². The van der Waals surface area contributed by atoms with E-state index in [1.807, 2.05) is 13.8 Å². The standard InChI is InChI=1S/C14H11F3OS/c1-8-9(2)13(19-12(8)7-18)10-3-5-11(6-4-10)14(15,16)17/h3-7H,1-2H3. The molecule has 0 aliphatic heterocycles. The van der Waals surface area contributed by atoms with Gasteiger partial charge in [0.25, 0.3) is 0 Å². The molecule has 0 unspecified atom stereocenters. The Labute approximate surface area is 112 Å². The molecule has 2 aromatic rings. The van der Waals surface area contributed by atoms with E-state index in [9.17, 15) is 18.0 Å². The molecule has 0 atom stereocenters. The smallest absolute Gasteiger partial charge is 0.297 e. The summed E-state index contributed by atoms with van der Waals surface area (Å²) < 4.78 is 37.4. The van der Waals surface area contributed by atoms with E-state index in [0.717, 1.165) is 34.4 Å². The first-order valence-electron chi connectivity index (χ1n) is 5.57. The molecule has 0 saturated carbocycles. The van der Waals surface area contributed by atoms with Crippen LogP contribution in [0.2, 0.25) is 0 Å². The molecule has 0 aliphatic carbocycles. The SMILES string of the molecule is Cc1c(C=O)sc(-c2ccc(C(F)(F)F)cc2)c1C. The van der Waals surface area contributed by atoms with Gasteiger partial charge >= 0.3 is 6.18 Å². The van der Waals surface area contributed by atoms with Gasteiger partial charge in [-0.15, -0.1) is 11.3 Å². The summed E-state index contributed by atoms with van der Waals surface area (Å²) in [5.41, 5.74) is 1.85. The minimum absolute atomic E-state index is 0.618. The first-order valence-corrected chi connectivity index (χ1v) is 6.39. The zero-order valence-corrected chi connectivity index (χ0v) is 11.2. The highest BCUT2D eigenvalue weighted by atomic mass is 32.1. The first kappa shape index (κ1) is 13.8. The van der Waals surface area contributed by atoms with Crippen molar-refractivity contribution in [3.8, 4) is 10.4 Å². The molecule has 1 nitrogen and oxygen atoms in total. The third-order valence-corrected chi connectivity index (χ3v) is 4.43. The third-order valence-electron chi connectivity index (χ3n) is 3.07. The Balaban J connectivity index is 2.46. The Kier molecular flexibility index (Phi) is 3.49. The van der Waals surface area contributed by atoms with Crippen LogP contribution in [0.4, 0.5) is 13.2 Å². The quantitative estimate of drug-likeness (QED) is 0.719. The number of hydrogen-bond donors (Lipinski definition) is 0. The Hall–Kier alpha value is -1.62. The van der Waals surface area contributed by atoms with Gasteiger partial charge in [-0.1, -0.05) is 12.1 Å². The van der Waals surface area contributed by atoms with E-state index < -0.39 is 11.7 Å². The van der Waals surface area contributed by atoms with E-state index in [0.29, 0.717) is 10.4 Å². The highest BCUT2D eigenvalue weighted by Crippen LogP contribution is 2.37. The van der Waals surface area contributed by atoms with Gasteiger partial charge in [0.2, 0.25) is 0 Å². The number of aldehydes is 1. The van der Waals surface area contributed by atoms with Crippen LogP contribution >= 0.6 is 11.3 Å². The number of hydrogen-bond acceptors (Lipinski definition) is 2. The van der Waals surface area contributed by atoms with Gasteiger partial charge in [0, 0.05) is 4.88 Å². The zero-order chi connectivity index (χ0) is 14.2. The molecule has 0 aliphatic rings. The first-order chi connectivity index (χ1) is 8.84. The number of rotatable bonds is 2. The van der Waals surface area contributed by atoms with Crippen LogP contribution in [0.15, 0.2) is 24.3 Å². The lowest BCUT2D eigenvalue weighted by atomic mass is 10.1. The Morgan fingerprint density at radius 2 is 1.63 bits per heavy atom. The summed E-state index contributed by atoms with van der Waals surface area (Å²) in [6, 6.07) is 5.00. The lowest BCUT2D eigenvalue weighted by Crippen LogP contribution is -2.03. The maximum Gasteiger partial charge on any atom is 0.416 e. The van der Waals surface area contributed by atoms with E-state index in [1.54, 1.807) is 0 Å². The molecule has 0 radical (unpaired) electrons. The summed E-state index contributed by atoms with van der Waals surface area (Å²) >= 11 is 1.30. The molecular formula is C14H11F3OS. The van der Waals surface area contributed by atoms with Gasteiger partial charge in [0.05, 0.1) is 10.4 Å². The van der Waals surface area contributed by atoms with E-state index in [1.165, 1.54) is 23.5 Å². The van der Waals surface area contributed by atoms with E-state index in [-0.39, 0.29) is 0 Å². The summed E-state index contributed by atoms with van der Waals surface area (Å²) in [6.45, 7) is 3.70. The minimum atomic E-state index is -4.33. The second-order valence-electron chi connectivity index (χ2n) is 4.24. The monoisotopic (exact) mass is 284 g/mol. The molecular weight excluding hydrogens is 273 g/mol. The van der Waals surface area contributed by atoms with Crippen molar-refractivity contribution in [3.63, 3.8) is 0 Å². The Morgan fingerprint density at radius 1 is 1.05 bits per heavy atom. The van der Waals surface area contributed by atoms with E-state index in [4.69, 9.17) is 0 Å². The summed E-state index contributed by atoms with van der Waals surface area (Å²) in [6.07, 6.45) is -3.55. The second-order valence-corrected chi connectivity index (χ2v) is 5.29. The van der Waals surface area contributed by atoms with Crippen LogP contribution in [0.3, 0.4) is 0 Å².